The Morgan fingerprint density at radius 3 is 2.76 bits per heavy atom. The lowest BCUT2D eigenvalue weighted by Gasteiger charge is -2.34. The Balaban J connectivity index is 1.58. The van der Waals surface area contributed by atoms with E-state index in [0.29, 0.717) is 13.1 Å². The number of piperazine rings is 1. The van der Waals surface area contributed by atoms with Crippen molar-refractivity contribution in [3.63, 3.8) is 0 Å². The molecule has 3 heterocycles. The van der Waals surface area contributed by atoms with Gasteiger partial charge in [0.25, 0.3) is 0 Å². The molecule has 0 spiro atoms. The highest BCUT2D eigenvalue weighted by Crippen LogP contribution is 2.18. The molecule has 1 aliphatic heterocycles. The first-order chi connectivity index (χ1) is 12.1. The summed E-state index contributed by atoms with van der Waals surface area (Å²) in [5.74, 6) is 0.878. The van der Waals surface area contributed by atoms with Crippen LogP contribution < -0.4 is 10.2 Å². The van der Waals surface area contributed by atoms with Crippen LogP contribution in [0.2, 0.25) is 0 Å². The third-order valence-corrected chi connectivity index (χ3v) is 4.59. The first kappa shape index (κ1) is 17.4. The molecule has 1 fully saturated rings. The van der Waals surface area contributed by atoms with E-state index >= 15 is 0 Å². The van der Waals surface area contributed by atoms with Gasteiger partial charge in [0.15, 0.2) is 0 Å². The number of anilines is 1. The lowest BCUT2D eigenvalue weighted by Crippen LogP contribution is -2.45. The third-order valence-electron chi connectivity index (χ3n) is 4.59. The Morgan fingerprint density at radius 1 is 1.24 bits per heavy atom. The van der Waals surface area contributed by atoms with Crippen LogP contribution in [0.3, 0.4) is 0 Å². The number of nitrogens with one attached hydrogen (secondary N) is 1. The van der Waals surface area contributed by atoms with Crippen LogP contribution in [0.4, 0.5) is 5.82 Å². The summed E-state index contributed by atoms with van der Waals surface area (Å²) in [6.45, 7) is 6.98. The van der Waals surface area contributed by atoms with E-state index in [1.165, 1.54) is 0 Å². The molecular weight excluding hydrogens is 316 g/mol. The highest BCUT2D eigenvalue weighted by atomic mass is 16.1. The zero-order chi connectivity index (χ0) is 17.6. The van der Waals surface area contributed by atoms with Crippen molar-refractivity contribution in [1.82, 2.24) is 25.0 Å². The number of hydrogen-bond donors (Lipinski definition) is 1. The van der Waals surface area contributed by atoms with Gasteiger partial charge in [0.2, 0.25) is 5.91 Å². The Morgan fingerprint density at radius 2 is 2.04 bits per heavy atom. The molecule has 7 heteroatoms. The van der Waals surface area contributed by atoms with Gasteiger partial charge in [-0.1, -0.05) is 13.0 Å². The van der Waals surface area contributed by atoms with Crippen molar-refractivity contribution in [2.75, 3.05) is 38.1 Å². The van der Waals surface area contributed by atoms with Crippen molar-refractivity contribution in [3.05, 3.63) is 42.4 Å². The maximum Gasteiger partial charge on any atom is 0.224 e. The molecule has 2 aromatic heterocycles. The minimum absolute atomic E-state index is 0.0312. The summed E-state index contributed by atoms with van der Waals surface area (Å²) in [7, 11) is 2.14. The van der Waals surface area contributed by atoms with Gasteiger partial charge in [-0.2, -0.15) is 5.10 Å². The summed E-state index contributed by atoms with van der Waals surface area (Å²) in [4.78, 5) is 21.6. The number of nitrogens with zero attached hydrogens (tertiary/aromatic N) is 5. The van der Waals surface area contributed by atoms with Crippen molar-refractivity contribution in [1.29, 1.82) is 0 Å². The van der Waals surface area contributed by atoms with Crippen LogP contribution in [-0.4, -0.2) is 58.8 Å². The Labute approximate surface area is 148 Å². The van der Waals surface area contributed by atoms with E-state index in [-0.39, 0.29) is 11.8 Å². The van der Waals surface area contributed by atoms with E-state index in [9.17, 15) is 4.79 Å². The van der Waals surface area contributed by atoms with E-state index in [4.69, 9.17) is 0 Å². The molecule has 0 unspecified atom stereocenters. The fraction of sp³-hybridized carbons (Fsp3) is 0.500. The molecular formula is C18H26N6O. The van der Waals surface area contributed by atoms with Gasteiger partial charge in [0.05, 0.1) is 12.5 Å². The van der Waals surface area contributed by atoms with Gasteiger partial charge < -0.3 is 15.1 Å². The number of pyridine rings is 1. The zero-order valence-corrected chi connectivity index (χ0v) is 14.9. The summed E-state index contributed by atoms with van der Waals surface area (Å²) in [6.07, 6.45) is 5.41. The van der Waals surface area contributed by atoms with Crippen molar-refractivity contribution in [3.8, 4) is 0 Å². The van der Waals surface area contributed by atoms with Crippen molar-refractivity contribution in [2.45, 2.75) is 20.0 Å². The van der Waals surface area contributed by atoms with E-state index in [1.54, 1.807) is 10.9 Å². The average molecular weight is 342 g/mol. The number of carbonyl (C=O) groups is 1. The van der Waals surface area contributed by atoms with Gasteiger partial charge >= 0.3 is 0 Å². The van der Waals surface area contributed by atoms with Crippen LogP contribution in [0.5, 0.6) is 0 Å². The topological polar surface area (TPSA) is 66.3 Å². The molecule has 3 rings (SSSR count). The number of rotatable bonds is 6. The Bertz CT molecular complexity index is 679. The standard InChI is InChI=1S/C18H26N6O/c1-15(14-24-8-4-7-21-24)18(25)20-13-16-5-3-6-19-17(16)23-11-9-22(2)10-12-23/h3-8,15H,9-14H2,1-2H3,(H,20,25)/t15-/m1/s1. The first-order valence-corrected chi connectivity index (χ1v) is 8.76. The number of amides is 1. The zero-order valence-electron chi connectivity index (χ0n) is 14.9. The van der Waals surface area contributed by atoms with Crippen LogP contribution in [0.1, 0.15) is 12.5 Å². The normalized spacial score (nSPS) is 16.6. The van der Waals surface area contributed by atoms with Gasteiger partial charge in [-0.25, -0.2) is 4.98 Å². The van der Waals surface area contributed by atoms with Crippen LogP contribution in [0.15, 0.2) is 36.8 Å². The second-order valence-corrected chi connectivity index (χ2v) is 6.62. The fourth-order valence-corrected chi connectivity index (χ4v) is 3.00. The largest absolute Gasteiger partial charge is 0.354 e. The lowest BCUT2D eigenvalue weighted by molar-refractivity contribution is -0.125. The summed E-state index contributed by atoms with van der Waals surface area (Å²) in [6, 6.07) is 5.83. The van der Waals surface area contributed by atoms with Gasteiger partial charge in [0, 0.05) is 56.9 Å². The monoisotopic (exact) mass is 342 g/mol. The van der Waals surface area contributed by atoms with Gasteiger partial charge in [-0.15, -0.1) is 0 Å². The van der Waals surface area contributed by atoms with E-state index < -0.39 is 0 Å². The molecule has 0 bridgehead atoms. The molecule has 25 heavy (non-hydrogen) atoms. The highest BCUT2D eigenvalue weighted by Gasteiger charge is 2.19. The smallest absolute Gasteiger partial charge is 0.224 e. The summed E-state index contributed by atoms with van der Waals surface area (Å²) in [5, 5.41) is 7.20. The van der Waals surface area contributed by atoms with E-state index in [0.717, 1.165) is 37.6 Å². The predicted octanol–water partition coefficient (Wildman–Crippen LogP) is 0.982. The molecule has 134 valence electrons. The quantitative estimate of drug-likeness (QED) is 0.848. The van der Waals surface area contributed by atoms with Crippen molar-refractivity contribution < 1.29 is 4.79 Å². The fourth-order valence-electron chi connectivity index (χ4n) is 3.00. The van der Waals surface area contributed by atoms with Crippen LogP contribution >= 0.6 is 0 Å². The Hall–Kier alpha value is -2.41. The molecule has 1 aliphatic rings. The van der Waals surface area contributed by atoms with Crippen LogP contribution in [0, 0.1) is 5.92 Å². The second-order valence-electron chi connectivity index (χ2n) is 6.62. The van der Waals surface area contributed by atoms with E-state index in [2.05, 4.69) is 32.2 Å². The van der Waals surface area contributed by atoms with E-state index in [1.807, 2.05) is 37.5 Å². The predicted molar refractivity (Wildman–Crippen MR) is 97.2 cm³/mol. The van der Waals surface area contributed by atoms with Crippen molar-refractivity contribution >= 4 is 11.7 Å². The minimum atomic E-state index is -0.136. The maximum absolute atomic E-state index is 12.4. The second kappa shape index (κ2) is 8.11. The van der Waals surface area contributed by atoms with Gasteiger partial charge in [0.1, 0.15) is 5.82 Å². The lowest BCUT2D eigenvalue weighted by atomic mass is 10.1. The summed E-state index contributed by atoms with van der Waals surface area (Å²) in [5.41, 5.74) is 1.06. The molecule has 2 aromatic rings. The van der Waals surface area contributed by atoms with Crippen molar-refractivity contribution in [2.24, 2.45) is 5.92 Å². The Kier molecular flexibility index (Phi) is 5.65. The van der Waals surface area contributed by atoms with Gasteiger partial charge in [-0.3, -0.25) is 9.48 Å². The number of carbonyl (C=O) groups excluding carboxylic acids is 1. The molecule has 0 aliphatic carbocycles. The van der Waals surface area contributed by atoms with Gasteiger partial charge in [-0.05, 0) is 19.2 Å². The molecule has 1 saturated heterocycles. The third kappa shape index (κ3) is 4.57. The average Bonchev–Trinajstić information content (AvgIpc) is 3.13. The summed E-state index contributed by atoms with van der Waals surface area (Å²) < 4.78 is 1.78. The highest BCUT2D eigenvalue weighted by molar-refractivity contribution is 5.78. The molecule has 1 atom stereocenters. The first-order valence-electron chi connectivity index (χ1n) is 8.76. The minimum Gasteiger partial charge on any atom is -0.354 e. The molecule has 0 radical (unpaired) electrons. The van der Waals surface area contributed by atoms with Crippen LogP contribution in [-0.2, 0) is 17.9 Å². The summed E-state index contributed by atoms with van der Waals surface area (Å²) >= 11 is 0. The molecule has 0 saturated carbocycles. The maximum atomic E-state index is 12.4. The number of hydrogen-bond acceptors (Lipinski definition) is 5. The number of aromatic nitrogens is 3. The molecule has 1 amide bonds. The number of likely N-dealkylation sites (N-methyl/N-ethyl adjacent to an activating group) is 1. The SMILES string of the molecule is C[C@H](Cn1cccn1)C(=O)NCc1cccnc1N1CCN(C)CC1. The molecule has 7 nitrogen and oxygen atoms in total. The molecule has 0 aromatic carbocycles. The van der Waals surface area contributed by atoms with Crippen LogP contribution in [0.25, 0.3) is 0 Å². The molecule has 1 N–H and O–H groups in total.